The van der Waals surface area contributed by atoms with Crippen LogP contribution in [0.25, 0.3) is 10.8 Å². The topological polar surface area (TPSA) is 50.3 Å². The molecule has 5 fully saturated rings. The monoisotopic (exact) mass is 1550 g/mol. The number of anilines is 4. The van der Waals surface area contributed by atoms with Crippen molar-refractivity contribution in [2.75, 3.05) is 47.3 Å². The minimum atomic E-state index is -0.705. The van der Waals surface area contributed by atoms with E-state index >= 15 is 0 Å². The van der Waals surface area contributed by atoms with Crippen LogP contribution in [0.15, 0.2) is 169 Å². The van der Waals surface area contributed by atoms with Crippen LogP contribution in [0.2, 0.25) is 0 Å². The van der Waals surface area contributed by atoms with Crippen LogP contribution in [0.3, 0.4) is 0 Å². The second kappa shape index (κ2) is 40.4. The molecule has 9 aliphatic rings. The first-order chi connectivity index (χ1) is 46.9. The zero-order valence-corrected chi connectivity index (χ0v) is 67.1. The van der Waals surface area contributed by atoms with E-state index in [1.165, 1.54) is 228 Å². The number of rotatable bonds is 11. The molecule has 0 saturated heterocycles. The minimum Gasteiger partial charge on any atom is -0.481 e. The van der Waals surface area contributed by atoms with E-state index in [9.17, 15) is 4.79 Å². The fourth-order valence-corrected chi connectivity index (χ4v) is 16.4. The van der Waals surface area contributed by atoms with Gasteiger partial charge in [0.1, 0.15) is 0 Å². The summed E-state index contributed by atoms with van der Waals surface area (Å²) in [5, 5.41) is 11.6. The maximum atomic E-state index is 10.9. The smallest absolute Gasteiger partial charge is 0.303 e. The molecule has 7 heteroatoms. The van der Waals surface area contributed by atoms with Gasteiger partial charge in [0, 0.05) is 121 Å². The Morgan fingerprint density at radius 1 is 0.429 bits per heavy atom. The number of likely N-dealkylation sites (N-methyl/N-ethyl adjacent to an activating group) is 3. The molecule has 0 aromatic heterocycles. The zero-order valence-electron chi connectivity index (χ0n) is 62.9. The maximum Gasteiger partial charge on any atom is 0.303 e. The standard InChI is InChI=1S/C31H34N2.C30H38N2O2.5C6H11.U/c1-30(2)24-16-12-13-17-25(24)32(5)27(30)18-8-7-9-19-28-31(3,4)29-23-15-11-10-14-22(23)20-21-26(29)33(28)6;1-29(2)22-14-8-10-16-24(22)31(5)26(29)18-13-19-27-30(3,4)23-15-9-11-17-25(23)32(27)21-12-6-7-20-28(33)34;5*1-2-4-6-5-3-1;/h7-21,28H,1-6H3;8-11,13-19,27H,6-7,12,20-21H2,1-5H3,(H,33,34);5*1H,2-6H2;/q;;5*-1;/b8-7+,19-9+,27-18+;19-13+,26-18+;;;;;;. The fraction of sp³-hybridized carbons (Fsp3) is 0.516. The van der Waals surface area contributed by atoms with E-state index < -0.39 is 5.97 Å². The summed E-state index contributed by atoms with van der Waals surface area (Å²) in [6, 6.07) is 39.9. The van der Waals surface area contributed by atoms with Crippen LogP contribution in [-0.2, 0) is 26.5 Å². The van der Waals surface area contributed by atoms with Crippen molar-refractivity contribution in [1.82, 2.24) is 0 Å². The molecule has 0 bridgehead atoms. The van der Waals surface area contributed by atoms with Crippen molar-refractivity contribution >= 4 is 39.5 Å². The Morgan fingerprint density at radius 3 is 1.27 bits per heavy atom. The van der Waals surface area contributed by atoms with Crippen LogP contribution in [-0.4, -0.2) is 50.8 Å². The van der Waals surface area contributed by atoms with Crippen LogP contribution in [0.5, 0.6) is 0 Å². The summed E-state index contributed by atoms with van der Waals surface area (Å²) >= 11 is 0. The number of unbranched alkanes of at least 4 members (excludes halogenated alkanes) is 2. The van der Waals surface area contributed by atoms with Gasteiger partial charge in [0.25, 0.3) is 0 Å². The van der Waals surface area contributed by atoms with Crippen molar-refractivity contribution in [1.29, 1.82) is 0 Å². The summed E-state index contributed by atoms with van der Waals surface area (Å²) in [7, 11) is 6.54. The first kappa shape index (κ1) is 80.1. The molecule has 98 heavy (non-hydrogen) atoms. The van der Waals surface area contributed by atoms with Crippen molar-refractivity contribution < 1.29 is 41.0 Å². The van der Waals surface area contributed by atoms with Gasteiger partial charge in [0.15, 0.2) is 0 Å². The Balaban J connectivity index is 0.000000192. The van der Waals surface area contributed by atoms with Gasteiger partial charge in [-0.2, -0.15) is 64.2 Å². The van der Waals surface area contributed by atoms with Gasteiger partial charge in [0.05, 0.1) is 12.1 Å². The van der Waals surface area contributed by atoms with E-state index in [-0.39, 0.29) is 65.2 Å². The molecule has 4 aliphatic heterocycles. The molecule has 532 valence electrons. The molecular formula is C91H127N4O2U-5. The Labute approximate surface area is 622 Å². The number of hydrogen-bond acceptors (Lipinski definition) is 5. The second-order valence-electron chi connectivity index (χ2n) is 30.8. The number of carbonyl (C=O) groups is 1. The number of para-hydroxylation sites is 3. The summed E-state index contributed by atoms with van der Waals surface area (Å²) in [4.78, 5) is 20.4. The molecule has 14 rings (SSSR count). The SMILES string of the molecule is CN1/C(=C/C=C/C2N(CCCCCC(=O)O)c3ccccc3C2(C)C)C(C)(C)c2ccccc21.CN1/C(=C/C=C/C=C/C2N(C)c3ccc4ccccc4c3C2(C)C)C(C)(C)c2ccccc21.[CH-]1CCCCC1.[CH-]1CCCCC1.[CH-]1CCCCC1.[CH-]1CCCCC1.[CH-]1CCCCC1.[U]. The second-order valence-corrected chi connectivity index (χ2v) is 30.8. The quantitative estimate of drug-likeness (QED) is 0.0808. The van der Waals surface area contributed by atoms with Crippen molar-refractivity contribution in [3.63, 3.8) is 0 Å². The third-order valence-electron chi connectivity index (χ3n) is 22.1. The number of carboxylic acids is 1. The van der Waals surface area contributed by atoms with Gasteiger partial charge >= 0.3 is 5.97 Å². The fourth-order valence-electron chi connectivity index (χ4n) is 16.4. The molecule has 5 aromatic carbocycles. The first-order valence-corrected chi connectivity index (χ1v) is 38.4. The van der Waals surface area contributed by atoms with Crippen molar-refractivity contribution in [3.8, 4) is 0 Å². The predicted molar refractivity (Wildman–Crippen MR) is 422 cm³/mol. The number of aliphatic carboxylic acids is 1. The Hall–Kier alpha value is -5.22. The molecule has 2 unspecified atom stereocenters. The van der Waals surface area contributed by atoms with Crippen LogP contribution < -0.4 is 19.6 Å². The molecule has 0 radical (unpaired) electrons. The first-order valence-electron chi connectivity index (χ1n) is 38.4. The number of benzene rings is 5. The van der Waals surface area contributed by atoms with Gasteiger partial charge in [0.2, 0.25) is 0 Å². The minimum absolute atomic E-state index is 0. The van der Waals surface area contributed by atoms with Gasteiger partial charge < -0.3 is 56.8 Å². The summed E-state index contributed by atoms with van der Waals surface area (Å²) in [6.45, 7) is 19.6. The number of hydrogen-bond donors (Lipinski definition) is 1. The summed E-state index contributed by atoms with van der Waals surface area (Å²) in [5.74, 6) is -0.705. The van der Waals surface area contributed by atoms with E-state index in [1.807, 2.05) is 0 Å². The molecule has 4 heterocycles. The summed E-state index contributed by atoms with van der Waals surface area (Å²) in [6.07, 6.45) is 68.5. The molecule has 5 saturated carbocycles. The molecule has 0 spiro atoms. The Bertz CT molecular complexity index is 3210. The molecule has 0 amide bonds. The van der Waals surface area contributed by atoms with Gasteiger partial charge in [-0.25, -0.2) is 0 Å². The van der Waals surface area contributed by atoms with Crippen molar-refractivity contribution in [3.05, 3.63) is 224 Å². The van der Waals surface area contributed by atoms with E-state index in [0.717, 1.165) is 25.8 Å². The Kier molecular flexibility index (Phi) is 33.0. The van der Waals surface area contributed by atoms with Crippen LogP contribution in [0.4, 0.5) is 22.7 Å². The number of fused-ring (bicyclic) bond motifs is 6. The summed E-state index contributed by atoms with van der Waals surface area (Å²) < 4.78 is 0. The third-order valence-corrected chi connectivity index (χ3v) is 22.1. The molecular weight excluding hydrogens is 1420 g/mol. The Morgan fingerprint density at radius 2 is 0.837 bits per heavy atom. The van der Waals surface area contributed by atoms with Gasteiger partial charge in [-0.15, -0.1) is 0 Å². The number of carboxylic acid groups (broad SMARTS) is 1. The third kappa shape index (κ3) is 21.7. The average Bonchev–Trinajstić information content (AvgIpc) is 1.57. The van der Waals surface area contributed by atoms with Crippen LogP contribution >= 0.6 is 0 Å². The van der Waals surface area contributed by atoms with Crippen molar-refractivity contribution in [2.24, 2.45) is 0 Å². The zero-order chi connectivity index (χ0) is 69.1. The predicted octanol–water partition coefficient (Wildman–Crippen LogP) is 24.8. The normalized spacial score (nSPS) is 22.2. The number of nitrogens with zero attached hydrogens (tertiary/aromatic N) is 4. The van der Waals surface area contributed by atoms with Crippen LogP contribution in [0, 0.1) is 63.2 Å². The van der Waals surface area contributed by atoms with E-state index in [1.54, 1.807) is 0 Å². The van der Waals surface area contributed by atoms with Crippen LogP contribution in [0.1, 0.15) is 264 Å². The largest absolute Gasteiger partial charge is 0.481 e. The molecule has 5 aromatic rings. The van der Waals surface area contributed by atoms with Gasteiger partial charge in [-0.3, -0.25) is 4.79 Å². The molecule has 2 atom stereocenters. The summed E-state index contributed by atoms with van der Waals surface area (Å²) in [5.41, 5.74) is 13.5. The van der Waals surface area contributed by atoms with E-state index in [4.69, 9.17) is 5.11 Å². The average molecular weight is 1550 g/mol. The van der Waals surface area contributed by atoms with Gasteiger partial charge in [-0.1, -0.05) is 280 Å². The molecule has 5 aliphatic carbocycles. The molecule has 6 nitrogen and oxygen atoms in total. The molecule has 1 N–H and O–H groups in total. The van der Waals surface area contributed by atoms with Crippen molar-refractivity contribution in [2.45, 2.75) is 275 Å². The number of allylic oxidation sites excluding steroid dienone is 8. The van der Waals surface area contributed by atoms with Gasteiger partial charge in [-0.05, 0) is 82.3 Å². The maximum absolute atomic E-state index is 10.9. The van der Waals surface area contributed by atoms with E-state index in [0.29, 0.717) is 6.04 Å². The van der Waals surface area contributed by atoms with E-state index in [2.05, 4.69) is 286 Å².